The number of hydrazone groups is 1. The molecule has 0 spiro atoms. The average molecular weight is 571 g/mol. The van der Waals surface area contributed by atoms with Crippen LogP contribution in [0.15, 0.2) is 71.8 Å². The maximum atomic E-state index is 13.8. The van der Waals surface area contributed by atoms with Crippen LogP contribution in [0.3, 0.4) is 0 Å². The summed E-state index contributed by atoms with van der Waals surface area (Å²) in [5.41, 5.74) is 5.74. The Balaban J connectivity index is 1.26. The van der Waals surface area contributed by atoms with Crippen molar-refractivity contribution in [3.05, 3.63) is 77.9 Å². The van der Waals surface area contributed by atoms with E-state index in [0.29, 0.717) is 30.2 Å². The van der Waals surface area contributed by atoms with Crippen LogP contribution >= 0.6 is 11.8 Å². The maximum absolute atomic E-state index is 13.8. The summed E-state index contributed by atoms with van der Waals surface area (Å²) in [6.45, 7) is 1.77. The molecule has 0 bridgehead atoms. The molecule has 1 fully saturated rings. The molecule has 1 N–H and O–H groups in total. The van der Waals surface area contributed by atoms with Gasteiger partial charge in [-0.15, -0.1) is 5.10 Å². The second-order valence-corrected chi connectivity index (χ2v) is 10.6. The molecule has 1 atom stereocenters. The van der Waals surface area contributed by atoms with E-state index in [4.69, 9.17) is 14.2 Å². The molecule has 3 aromatic rings. The molecule has 3 aliphatic heterocycles. The van der Waals surface area contributed by atoms with Crippen LogP contribution in [0.5, 0.6) is 11.5 Å². The highest BCUT2D eigenvalue weighted by atomic mass is 32.2. The normalized spacial score (nSPS) is 18.1. The molecule has 0 radical (unpaired) electrons. The van der Waals surface area contributed by atoms with Gasteiger partial charge in [0.05, 0.1) is 6.54 Å². The molecule has 2 amide bonds. The lowest BCUT2D eigenvalue weighted by atomic mass is 10.0. The Hall–Kier alpha value is -4.06. The van der Waals surface area contributed by atoms with Crippen molar-refractivity contribution < 1.29 is 32.2 Å². The number of halogens is 3. The van der Waals surface area contributed by atoms with E-state index in [-0.39, 0.29) is 25.3 Å². The largest absolute Gasteiger partial charge is 0.454 e. The summed E-state index contributed by atoms with van der Waals surface area (Å²) in [7, 11) is 0. The van der Waals surface area contributed by atoms with Crippen LogP contribution in [0.1, 0.15) is 11.1 Å². The first-order valence-corrected chi connectivity index (χ1v) is 13.8. The van der Waals surface area contributed by atoms with Gasteiger partial charge in [-0.1, -0.05) is 30.3 Å². The summed E-state index contributed by atoms with van der Waals surface area (Å²) in [6, 6.07) is 20.2. The van der Waals surface area contributed by atoms with E-state index in [1.165, 1.54) is 0 Å². The summed E-state index contributed by atoms with van der Waals surface area (Å²) in [4.78, 5) is 17.3. The number of thioether (sulfide) groups is 1. The SMILES string of the molecule is O=C(N1CCSCC1)N(Cc1ccc(C2=NNC(C(F)(F)F)O2)cc1)c1cccc(-c2ccc3c(c2)OCO3)c1. The van der Waals surface area contributed by atoms with Gasteiger partial charge in [-0.25, -0.2) is 4.79 Å². The number of hydrogen-bond donors (Lipinski definition) is 1. The van der Waals surface area contributed by atoms with Crippen LogP contribution in [0.4, 0.5) is 23.7 Å². The van der Waals surface area contributed by atoms with E-state index >= 15 is 0 Å². The summed E-state index contributed by atoms with van der Waals surface area (Å²) in [5, 5.41) is 3.68. The monoisotopic (exact) mass is 570 g/mol. The number of ether oxygens (including phenoxy) is 3. The minimum atomic E-state index is -4.58. The molecule has 6 rings (SSSR count). The second kappa shape index (κ2) is 10.8. The van der Waals surface area contributed by atoms with Gasteiger partial charge in [0.15, 0.2) is 11.5 Å². The summed E-state index contributed by atoms with van der Waals surface area (Å²) >= 11 is 1.82. The molecule has 3 aromatic carbocycles. The van der Waals surface area contributed by atoms with Crippen LogP contribution in [0.25, 0.3) is 11.1 Å². The molecule has 0 aromatic heterocycles. The molecule has 8 nitrogen and oxygen atoms in total. The van der Waals surface area contributed by atoms with Crippen LogP contribution in [0.2, 0.25) is 0 Å². The lowest BCUT2D eigenvalue weighted by Gasteiger charge is -2.33. The molecule has 3 aliphatic rings. The van der Waals surface area contributed by atoms with E-state index in [9.17, 15) is 18.0 Å². The Morgan fingerprint density at radius 2 is 1.70 bits per heavy atom. The van der Waals surface area contributed by atoms with Crippen LogP contribution in [0, 0.1) is 0 Å². The topological polar surface area (TPSA) is 75.6 Å². The number of alkyl halides is 3. The fraction of sp³-hybridized carbons (Fsp3) is 0.286. The number of fused-ring (bicyclic) bond motifs is 1. The Morgan fingerprint density at radius 3 is 2.45 bits per heavy atom. The first-order valence-electron chi connectivity index (χ1n) is 12.7. The molecule has 40 heavy (non-hydrogen) atoms. The summed E-state index contributed by atoms with van der Waals surface area (Å²) in [5.74, 6) is 2.99. The Bertz CT molecular complexity index is 1430. The fourth-order valence-electron chi connectivity index (χ4n) is 4.61. The number of urea groups is 1. The van der Waals surface area contributed by atoms with Crippen molar-refractivity contribution in [1.82, 2.24) is 10.3 Å². The van der Waals surface area contributed by atoms with Gasteiger partial charge in [0, 0.05) is 35.8 Å². The standard InChI is InChI=1S/C28H25F3N4O4S/c29-28(30,31)26-33-32-25(39-26)19-6-4-18(5-7-19)16-35(27(36)34-10-12-40-13-11-34)22-3-1-2-20(14-22)21-8-9-23-24(15-21)38-17-37-23/h1-9,14-15,26,33H,10-13,16-17H2. The highest BCUT2D eigenvalue weighted by molar-refractivity contribution is 7.99. The molecule has 1 unspecified atom stereocenters. The van der Waals surface area contributed by atoms with Crippen molar-refractivity contribution in [1.29, 1.82) is 0 Å². The molecule has 3 heterocycles. The van der Waals surface area contributed by atoms with E-state index in [1.54, 1.807) is 29.2 Å². The Morgan fingerprint density at radius 1 is 0.975 bits per heavy atom. The smallest absolute Gasteiger partial charge is 0.446 e. The highest BCUT2D eigenvalue weighted by Gasteiger charge is 2.45. The van der Waals surface area contributed by atoms with Crippen molar-refractivity contribution in [2.24, 2.45) is 5.10 Å². The van der Waals surface area contributed by atoms with Crippen LogP contribution in [-0.2, 0) is 11.3 Å². The zero-order valence-corrected chi connectivity index (χ0v) is 22.0. The lowest BCUT2D eigenvalue weighted by Crippen LogP contribution is -2.46. The second-order valence-electron chi connectivity index (χ2n) is 9.37. The third kappa shape index (κ3) is 5.48. The number of carbonyl (C=O) groups excluding carboxylic acids is 1. The van der Waals surface area contributed by atoms with Gasteiger partial charge in [0.2, 0.25) is 12.7 Å². The molecule has 0 aliphatic carbocycles. The first kappa shape index (κ1) is 26.2. The van der Waals surface area contributed by atoms with E-state index in [2.05, 4.69) is 5.10 Å². The minimum absolute atomic E-state index is 0.104. The Labute approximate surface area is 232 Å². The van der Waals surface area contributed by atoms with E-state index < -0.39 is 12.4 Å². The van der Waals surface area contributed by atoms with Crippen molar-refractivity contribution in [2.75, 3.05) is 36.3 Å². The predicted octanol–water partition coefficient (Wildman–Crippen LogP) is 5.43. The number of amides is 2. The van der Waals surface area contributed by atoms with Gasteiger partial charge in [-0.2, -0.15) is 24.9 Å². The van der Waals surface area contributed by atoms with Gasteiger partial charge in [-0.05, 0) is 53.1 Å². The molecule has 1 saturated heterocycles. The van der Waals surface area contributed by atoms with Crippen molar-refractivity contribution in [3.63, 3.8) is 0 Å². The maximum Gasteiger partial charge on any atom is 0.446 e. The number of anilines is 1. The van der Waals surface area contributed by atoms with Gasteiger partial charge >= 0.3 is 12.2 Å². The van der Waals surface area contributed by atoms with Crippen molar-refractivity contribution in [3.8, 4) is 22.6 Å². The molecule has 0 saturated carbocycles. The van der Waals surface area contributed by atoms with Crippen molar-refractivity contribution in [2.45, 2.75) is 18.9 Å². The van der Waals surface area contributed by atoms with Crippen molar-refractivity contribution >= 4 is 29.4 Å². The number of nitrogens with one attached hydrogen (secondary N) is 1. The quantitative estimate of drug-likeness (QED) is 0.441. The van der Waals surface area contributed by atoms with Crippen LogP contribution < -0.4 is 19.8 Å². The van der Waals surface area contributed by atoms with E-state index in [1.807, 2.05) is 64.6 Å². The number of nitrogens with zero attached hydrogens (tertiary/aromatic N) is 3. The van der Waals surface area contributed by atoms with Gasteiger partial charge in [-0.3, -0.25) is 10.3 Å². The van der Waals surface area contributed by atoms with E-state index in [0.717, 1.165) is 33.9 Å². The van der Waals surface area contributed by atoms with Crippen LogP contribution in [-0.4, -0.2) is 60.6 Å². The number of rotatable bonds is 5. The number of benzene rings is 3. The number of hydrogen-bond acceptors (Lipinski definition) is 7. The minimum Gasteiger partial charge on any atom is -0.454 e. The zero-order valence-electron chi connectivity index (χ0n) is 21.2. The molecular formula is C28H25F3N4O4S. The number of carbonyl (C=O) groups is 1. The highest BCUT2D eigenvalue weighted by Crippen LogP contribution is 2.37. The Kier molecular flexibility index (Phi) is 7.09. The van der Waals surface area contributed by atoms with Gasteiger partial charge in [0.25, 0.3) is 6.23 Å². The zero-order chi connectivity index (χ0) is 27.7. The van der Waals surface area contributed by atoms with Gasteiger partial charge in [0.1, 0.15) is 0 Å². The average Bonchev–Trinajstić information content (AvgIpc) is 3.66. The summed E-state index contributed by atoms with van der Waals surface area (Å²) < 4.78 is 54.7. The third-order valence-corrected chi connectivity index (χ3v) is 7.67. The summed E-state index contributed by atoms with van der Waals surface area (Å²) in [6.07, 6.45) is -6.75. The molecular weight excluding hydrogens is 545 g/mol. The fourth-order valence-corrected chi connectivity index (χ4v) is 5.52. The lowest BCUT2D eigenvalue weighted by molar-refractivity contribution is -0.201. The predicted molar refractivity (Wildman–Crippen MR) is 146 cm³/mol. The third-order valence-electron chi connectivity index (χ3n) is 6.73. The molecule has 12 heteroatoms. The first-order chi connectivity index (χ1) is 19.3. The van der Waals surface area contributed by atoms with Gasteiger partial charge < -0.3 is 19.1 Å². The molecule has 208 valence electrons.